The van der Waals surface area contributed by atoms with Gasteiger partial charge in [0.2, 0.25) is 0 Å². The van der Waals surface area contributed by atoms with Crippen molar-refractivity contribution in [2.75, 3.05) is 5.73 Å². The fourth-order valence-corrected chi connectivity index (χ4v) is 0.213. The van der Waals surface area contributed by atoms with Crippen LogP contribution in [0, 0.1) is 0 Å². The normalized spacial score (nSPS) is 7.25. The molecule has 0 saturated carbocycles. The summed E-state index contributed by atoms with van der Waals surface area (Å²) in [5.74, 6) is 0. The van der Waals surface area contributed by atoms with Crippen LogP contribution in [0.25, 0.3) is 0 Å². The molecule has 0 saturated heterocycles. The molecule has 8 heavy (non-hydrogen) atoms. The minimum atomic E-state index is 0.565. The van der Waals surface area contributed by atoms with Crippen molar-refractivity contribution in [3.05, 3.63) is 12.5 Å². The Morgan fingerprint density at radius 2 is 2.25 bits per heavy atom. The second-order valence-electron chi connectivity index (χ2n) is 0.958. The average Bonchev–Trinajstić information content (AvgIpc) is 2.24. The van der Waals surface area contributed by atoms with Gasteiger partial charge >= 0.3 is 0 Å². The maximum Gasteiger partial charge on any atom is 0.146 e. The number of aromatic nitrogens is 1. The molecule has 0 fully saturated rings. The quantitative estimate of drug-likeness (QED) is 0.552. The van der Waals surface area contributed by atoms with Crippen LogP contribution in [0.15, 0.2) is 17.0 Å². The maximum atomic E-state index is 5.12. The Labute approximate surface area is 48.5 Å². The molecule has 0 amide bonds. The highest BCUT2D eigenvalue weighted by Crippen LogP contribution is 1.92. The molecule has 0 aliphatic carbocycles. The van der Waals surface area contributed by atoms with Crippen LogP contribution in [0.2, 0.25) is 0 Å². The van der Waals surface area contributed by atoms with Gasteiger partial charge in [0.15, 0.2) is 0 Å². The van der Waals surface area contributed by atoms with E-state index in [0.717, 1.165) is 0 Å². The first-order valence-electron chi connectivity index (χ1n) is 2.54. The van der Waals surface area contributed by atoms with Crippen molar-refractivity contribution in [1.29, 1.82) is 0 Å². The van der Waals surface area contributed by atoms with Crippen LogP contribution in [0.1, 0.15) is 13.8 Å². The van der Waals surface area contributed by atoms with Gasteiger partial charge < -0.3 is 10.3 Å². The lowest BCUT2D eigenvalue weighted by molar-refractivity contribution is 0.420. The second kappa shape index (κ2) is 4.18. The first-order chi connectivity index (χ1) is 3.89. The molecule has 0 spiro atoms. The molecule has 0 aliphatic rings. The molecule has 2 N–H and O–H groups in total. The van der Waals surface area contributed by atoms with Crippen LogP contribution in [0.5, 0.6) is 0 Å². The molecule has 3 nitrogen and oxygen atoms in total. The summed E-state index contributed by atoms with van der Waals surface area (Å²) < 4.78 is 4.34. The first-order valence-corrected chi connectivity index (χ1v) is 2.54. The number of hydrogen-bond donors (Lipinski definition) is 1. The van der Waals surface area contributed by atoms with Crippen molar-refractivity contribution in [3.63, 3.8) is 0 Å². The van der Waals surface area contributed by atoms with E-state index in [-0.39, 0.29) is 0 Å². The summed E-state index contributed by atoms with van der Waals surface area (Å²) in [6.45, 7) is 4.00. The topological polar surface area (TPSA) is 52.0 Å². The average molecular weight is 114 g/mol. The summed E-state index contributed by atoms with van der Waals surface area (Å²) in [5.41, 5.74) is 5.69. The van der Waals surface area contributed by atoms with Crippen LogP contribution in [-0.2, 0) is 0 Å². The zero-order valence-electron chi connectivity index (χ0n) is 5.09. The van der Waals surface area contributed by atoms with Gasteiger partial charge in [0, 0.05) is 0 Å². The van der Waals surface area contributed by atoms with Crippen molar-refractivity contribution >= 4 is 5.69 Å². The molecule has 46 valence electrons. The third kappa shape index (κ3) is 2.23. The van der Waals surface area contributed by atoms with Gasteiger partial charge in [-0.25, -0.2) is 0 Å². The van der Waals surface area contributed by atoms with Crippen molar-refractivity contribution in [3.8, 4) is 0 Å². The summed E-state index contributed by atoms with van der Waals surface area (Å²) in [5, 5.41) is 3.32. The Balaban J connectivity index is 0.000000222. The van der Waals surface area contributed by atoms with E-state index in [9.17, 15) is 0 Å². The van der Waals surface area contributed by atoms with Crippen LogP contribution < -0.4 is 5.73 Å². The lowest BCUT2D eigenvalue weighted by Crippen LogP contribution is -1.75. The van der Waals surface area contributed by atoms with E-state index in [2.05, 4.69) is 9.68 Å². The van der Waals surface area contributed by atoms with Crippen molar-refractivity contribution in [2.24, 2.45) is 0 Å². The van der Waals surface area contributed by atoms with Gasteiger partial charge in [0.05, 0.1) is 11.9 Å². The minimum Gasteiger partial charge on any atom is -0.395 e. The highest BCUT2D eigenvalue weighted by atomic mass is 16.5. The van der Waals surface area contributed by atoms with E-state index in [1.165, 1.54) is 12.5 Å². The summed E-state index contributed by atoms with van der Waals surface area (Å²) in [7, 11) is 0. The Kier molecular flexibility index (Phi) is 3.66. The minimum absolute atomic E-state index is 0.565. The molecule has 0 bridgehead atoms. The molecule has 0 aromatic carbocycles. The molecular formula is C5H10N2O. The Bertz CT molecular complexity index is 114. The number of nitrogen functional groups attached to an aromatic ring is 1. The SMILES string of the molecule is CC.Nc1cnoc1. The van der Waals surface area contributed by atoms with E-state index < -0.39 is 0 Å². The van der Waals surface area contributed by atoms with Crippen LogP contribution >= 0.6 is 0 Å². The van der Waals surface area contributed by atoms with Gasteiger partial charge in [-0.3, -0.25) is 0 Å². The first kappa shape index (κ1) is 7.01. The summed E-state index contributed by atoms with van der Waals surface area (Å²) in [4.78, 5) is 0. The molecule has 0 unspecified atom stereocenters. The molecule has 0 atom stereocenters. The van der Waals surface area contributed by atoms with Gasteiger partial charge in [-0.05, 0) is 0 Å². The Morgan fingerprint density at radius 3 is 2.38 bits per heavy atom. The predicted molar refractivity (Wildman–Crippen MR) is 32.3 cm³/mol. The lowest BCUT2D eigenvalue weighted by Gasteiger charge is -1.63. The van der Waals surface area contributed by atoms with E-state index in [1.54, 1.807) is 0 Å². The molecule has 1 rings (SSSR count). The highest BCUT2D eigenvalue weighted by molar-refractivity contribution is 5.27. The highest BCUT2D eigenvalue weighted by Gasteiger charge is 1.78. The van der Waals surface area contributed by atoms with Crippen molar-refractivity contribution in [1.82, 2.24) is 5.16 Å². The largest absolute Gasteiger partial charge is 0.395 e. The predicted octanol–water partition coefficient (Wildman–Crippen LogP) is 1.28. The summed E-state index contributed by atoms with van der Waals surface area (Å²) >= 11 is 0. The third-order valence-corrected chi connectivity index (χ3v) is 0.451. The van der Waals surface area contributed by atoms with E-state index >= 15 is 0 Å². The summed E-state index contributed by atoms with van der Waals surface area (Å²) in [6, 6.07) is 0. The smallest absolute Gasteiger partial charge is 0.146 e. The van der Waals surface area contributed by atoms with Crippen molar-refractivity contribution in [2.45, 2.75) is 13.8 Å². The zero-order valence-corrected chi connectivity index (χ0v) is 5.09. The maximum absolute atomic E-state index is 5.12. The molecule has 3 heteroatoms. The third-order valence-electron chi connectivity index (χ3n) is 0.451. The fraction of sp³-hybridized carbons (Fsp3) is 0.400. The Hall–Kier alpha value is -0.990. The Morgan fingerprint density at radius 1 is 1.62 bits per heavy atom. The van der Waals surface area contributed by atoms with E-state index in [0.29, 0.717) is 5.69 Å². The molecular weight excluding hydrogens is 104 g/mol. The molecule has 1 aromatic rings. The van der Waals surface area contributed by atoms with E-state index in [1.807, 2.05) is 13.8 Å². The molecule has 0 aliphatic heterocycles. The zero-order chi connectivity index (χ0) is 6.41. The van der Waals surface area contributed by atoms with Crippen molar-refractivity contribution < 1.29 is 4.52 Å². The fourth-order valence-electron chi connectivity index (χ4n) is 0.213. The van der Waals surface area contributed by atoms with Crippen LogP contribution in [0.4, 0.5) is 5.69 Å². The number of hydrogen-bond acceptors (Lipinski definition) is 3. The molecule has 1 heterocycles. The number of rotatable bonds is 0. The lowest BCUT2D eigenvalue weighted by atomic mass is 10.6. The molecule has 0 radical (unpaired) electrons. The van der Waals surface area contributed by atoms with Gasteiger partial charge in [-0.15, -0.1) is 0 Å². The van der Waals surface area contributed by atoms with Gasteiger partial charge in [0.1, 0.15) is 6.26 Å². The second-order valence-corrected chi connectivity index (χ2v) is 0.958. The van der Waals surface area contributed by atoms with Gasteiger partial charge in [-0.1, -0.05) is 19.0 Å². The van der Waals surface area contributed by atoms with E-state index in [4.69, 9.17) is 5.73 Å². The monoisotopic (exact) mass is 114 g/mol. The number of nitrogens with two attached hydrogens (primary N) is 1. The van der Waals surface area contributed by atoms with Crippen LogP contribution in [-0.4, -0.2) is 5.16 Å². The number of nitrogens with zero attached hydrogens (tertiary/aromatic N) is 1. The van der Waals surface area contributed by atoms with Crippen LogP contribution in [0.3, 0.4) is 0 Å². The standard InChI is InChI=1S/C3H4N2O.C2H6/c4-3-1-5-6-2-3;1-2/h1-2H,4H2;1-2H3. The number of anilines is 1. The summed E-state index contributed by atoms with van der Waals surface area (Å²) in [6.07, 6.45) is 2.82. The van der Waals surface area contributed by atoms with Gasteiger partial charge in [-0.2, -0.15) is 0 Å². The molecule has 1 aromatic heterocycles. The van der Waals surface area contributed by atoms with Gasteiger partial charge in [0.25, 0.3) is 0 Å².